The van der Waals surface area contributed by atoms with Gasteiger partial charge in [-0.05, 0) is 76.4 Å². The molecule has 2 aliphatic heterocycles. The van der Waals surface area contributed by atoms with Crippen molar-refractivity contribution < 1.29 is 18.7 Å². The molecule has 1 amide bonds. The molecule has 29 heavy (non-hydrogen) atoms. The van der Waals surface area contributed by atoms with E-state index in [1.807, 2.05) is 26.0 Å². The van der Waals surface area contributed by atoms with Crippen LogP contribution in [0.3, 0.4) is 0 Å². The number of rotatable bonds is 4. The Balaban J connectivity index is 1.44. The molecule has 1 spiro atoms. The van der Waals surface area contributed by atoms with Gasteiger partial charge in [0.05, 0.1) is 23.6 Å². The van der Waals surface area contributed by atoms with E-state index in [1.165, 1.54) is 0 Å². The summed E-state index contributed by atoms with van der Waals surface area (Å²) in [6.45, 7) is 7.86. The Hall–Kier alpha value is -2.38. The Morgan fingerprint density at radius 1 is 1.24 bits per heavy atom. The zero-order chi connectivity index (χ0) is 20.6. The highest BCUT2D eigenvalue weighted by Crippen LogP contribution is 2.34. The highest BCUT2D eigenvalue weighted by Gasteiger charge is 2.41. The molecule has 2 aromatic rings. The third kappa shape index (κ3) is 4.02. The van der Waals surface area contributed by atoms with E-state index in [2.05, 4.69) is 10.6 Å². The van der Waals surface area contributed by atoms with Crippen LogP contribution in [0, 0.1) is 20.8 Å². The molecular weight excluding hydrogens is 372 g/mol. The Kier molecular flexibility index (Phi) is 5.36. The quantitative estimate of drug-likeness (QED) is 0.765. The molecule has 156 valence electrons. The number of nitrogens with one attached hydrogen (secondary N) is 2. The molecule has 7 heteroatoms. The summed E-state index contributed by atoms with van der Waals surface area (Å²) in [6, 6.07) is 3.69. The third-order valence-corrected chi connectivity index (χ3v) is 6.10. The van der Waals surface area contributed by atoms with Gasteiger partial charge in [-0.2, -0.15) is 0 Å². The minimum atomic E-state index is -0.350. The first-order valence-corrected chi connectivity index (χ1v) is 10.2. The van der Waals surface area contributed by atoms with Gasteiger partial charge in [0.15, 0.2) is 6.61 Å². The normalized spacial score (nSPS) is 20.9. The van der Waals surface area contributed by atoms with Crippen LogP contribution in [-0.2, 0) is 9.53 Å². The van der Waals surface area contributed by atoms with Gasteiger partial charge in [-0.1, -0.05) is 0 Å². The highest BCUT2D eigenvalue weighted by atomic mass is 16.5. The third-order valence-electron chi connectivity index (χ3n) is 6.10. The van der Waals surface area contributed by atoms with Gasteiger partial charge in [0.1, 0.15) is 11.3 Å². The van der Waals surface area contributed by atoms with E-state index in [0.29, 0.717) is 23.5 Å². The fourth-order valence-electron chi connectivity index (χ4n) is 4.38. The van der Waals surface area contributed by atoms with Gasteiger partial charge < -0.3 is 24.5 Å². The fraction of sp³-hybridized carbons (Fsp3) is 0.545. The van der Waals surface area contributed by atoms with Crippen LogP contribution in [-0.4, -0.2) is 43.9 Å². The van der Waals surface area contributed by atoms with Crippen molar-refractivity contribution in [1.29, 1.82) is 0 Å². The Morgan fingerprint density at radius 3 is 2.76 bits per heavy atom. The molecule has 2 N–H and O–H groups in total. The molecule has 2 fully saturated rings. The van der Waals surface area contributed by atoms with Crippen molar-refractivity contribution in [1.82, 2.24) is 10.6 Å². The number of fused-ring (bicyclic) bond motifs is 1. The van der Waals surface area contributed by atoms with Crippen LogP contribution in [0.5, 0.6) is 5.75 Å². The SMILES string of the molecule is Cc1cc(OCC(=O)NC2COC3(CCNCC3)C2)c2c(C)c(C)c(=O)oc2c1. The number of amides is 1. The summed E-state index contributed by atoms with van der Waals surface area (Å²) in [7, 11) is 0. The molecule has 3 heterocycles. The van der Waals surface area contributed by atoms with E-state index in [-0.39, 0.29) is 29.8 Å². The van der Waals surface area contributed by atoms with E-state index in [9.17, 15) is 9.59 Å². The zero-order valence-corrected chi connectivity index (χ0v) is 17.2. The minimum Gasteiger partial charge on any atom is -0.483 e. The molecule has 1 aromatic heterocycles. The average Bonchev–Trinajstić information content (AvgIpc) is 3.06. The topological polar surface area (TPSA) is 89.8 Å². The number of hydrogen-bond donors (Lipinski definition) is 2. The Morgan fingerprint density at radius 2 is 2.00 bits per heavy atom. The first-order chi connectivity index (χ1) is 13.9. The number of ether oxygens (including phenoxy) is 2. The molecule has 1 aromatic carbocycles. The van der Waals surface area contributed by atoms with Gasteiger partial charge in [0, 0.05) is 5.56 Å². The molecule has 7 nitrogen and oxygen atoms in total. The molecule has 1 unspecified atom stereocenters. The van der Waals surface area contributed by atoms with Crippen LogP contribution >= 0.6 is 0 Å². The summed E-state index contributed by atoms with van der Waals surface area (Å²) in [4.78, 5) is 24.5. The fourth-order valence-corrected chi connectivity index (χ4v) is 4.38. The standard InChI is InChI=1S/C22H28N2O5/c1-13-8-17(20-14(2)15(3)21(26)29-18(20)9-13)27-12-19(25)24-16-10-22(28-11-16)4-6-23-7-5-22/h8-9,16,23H,4-7,10-12H2,1-3H3,(H,24,25). The van der Waals surface area contributed by atoms with Crippen LogP contribution in [0.25, 0.3) is 11.0 Å². The number of piperidine rings is 1. The average molecular weight is 400 g/mol. The van der Waals surface area contributed by atoms with E-state index < -0.39 is 0 Å². The molecular formula is C22H28N2O5. The predicted octanol–water partition coefficient (Wildman–Crippen LogP) is 2.12. The summed E-state index contributed by atoms with van der Waals surface area (Å²) in [5.74, 6) is 0.378. The van der Waals surface area contributed by atoms with Gasteiger partial charge >= 0.3 is 5.63 Å². The molecule has 0 bridgehead atoms. The maximum atomic E-state index is 12.5. The number of carbonyl (C=O) groups is 1. The number of hydrogen-bond acceptors (Lipinski definition) is 6. The molecule has 2 saturated heterocycles. The summed E-state index contributed by atoms with van der Waals surface area (Å²) in [5, 5.41) is 7.12. The van der Waals surface area contributed by atoms with Crippen molar-refractivity contribution in [2.45, 2.75) is 51.7 Å². The number of benzene rings is 1. The van der Waals surface area contributed by atoms with Crippen LogP contribution in [0.15, 0.2) is 21.3 Å². The lowest BCUT2D eigenvalue weighted by Gasteiger charge is -2.32. The summed E-state index contributed by atoms with van der Waals surface area (Å²) in [6.07, 6.45) is 2.81. The second-order valence-electron chi connectivity index (χ2n) is 8.28. The number of aryl methyl sites for hydroxylation is 2. The maximum absolute atomic E-state index is 12.5. The van der Waals surface area contributed by atoms with Gasteiger partial charge in [-0.25, -0.2) is 4.79 Å². The van der Waals surface area contributed by atoms with E-state index in [1.54, 1.807) is 6.92 Å². The van der Waals surface area contributed by atoms with Crippen molar-refractivity contribution >= 4 is 16.9 Å². The van der Waals surface area contributed by atoms with Gasteiger partial charge in [-0.15, -0.1) is 0 Å². The van der Waals surface area contributed by atoms with Crippen LogP contribution in [0.1, 0.15) is 36.0 Å². The van der Waals surface area contributed by atoms with Crippen molar-refractivity contribution in [3.05, 3.63) is 39.2 Å². The molecule has 0 saturated carbocycles. The molecule has 4 rings (SSSR count). The minimum absolute atomic E-state index is 0.0143. The summed E-state index contributed by atoms with van der Waals surface area (Å²) in [5.41, 5.74) is 2.29. The van der Waals surface area contributed by atoms with Crippen LogP contribution in [0.4, 0.5) is 0 Å². The lowest BCUT2D eigenvalue weighted by molar-refractivity contribution is -0.123. The van der Waals surface area contributed by atoms with E-state index in [4.69, 9.17) is 13.9 Å². The lowest BCUT2D eigenvalue weighted by atomic mass is 9.88. The Labute approximate surface area is 169 Å². The van der Waals surface area contributed by atoms with E-state index in [0.717, 1.165) is 48.9 Å². The first kappa shape index (κ1) is 19.9. The van der Waals surface area contributed by atoms with Gasteiger partial charge in [0.25, 0.3) is 5.91 Å². The smallest absolute Gasteiger partial charge is 0.339 e. The van der Waals surface area contributed by atoms with Gasteiger partial charge in [-0.3, -0.25) is 4.79 Å². The second kappa shape index (κ2) is 7.80. The van der Waals surface area contributed by atoms with Crippen molar-refractivity contribution in [3.63, 3.8) is 0 Å². The summed E-state index contributed by atoms with van der Waals surface area (Å²) < 4.78 is 17.3. The highest BCUT2D eigenvalue weighted by molar-refractivity contribution is 5.88. The molecule has 0 aliphatic carbocycles. The molecule has 1 atom stereocenters. The van der Waals surface area contributed by atoms with Crippen molar-refractivity contribution in [2.24, 2.45) is 0 Å². The molecule has 0 radical (unpaired) electrons. The second-order valence-corrected chi connectivity index (χ2v) is 8.28. The zero-order valence-electron chi connectivity index (χ0n) is 17.2. The van der Waals surface area contributed by atoms with Crippen LogP contribution < -0.4 is 21.0 Å². The summed E-state index contributed by atoms with van der Waals surface area (Å²) >= 11 is 0. The largest absolute Gasteiger partial charge is 0.483 e. The predicted molar refractivity (Wildman–Crippen MR) is 110 cm³/mol. The van der Waals surface area contributed by atoms with Crippen molar-refractivity contribution in [3.8, 4) is 5.75 Å². The number of carbonyl (C=O) groups excluding carboxylic acids is 1. The lowest BCUT2D eigenvalue weighted by Crippen LogP contribution is -2.43. The monoisotopic (exact) mass is 400 g/mol. The van der Waals surface area contributed by atoms with E-state index >= 15 is 0 Å². The van der Waals surface area contributed by atoms with Crippen molar-refractivity contribution in [2.75, 3.05) is 26.3 Å². The van der Waals surface area contributed by atoms with Crippen LogP contribution in [0.2, 0.25) is 0 Å². The Bertz CT molecular complexity index is 991. The maximum Gasteiger partial charge on any atom is 0.339 e. The molecule has 2 aliphatic rings. The van der Waals surface area contributed by atoms with Gasteiger partial charge in [0.2, 0.25) is 0 Å². The first-order valence-electron chi connectivity index (χ1n) is 10.2.